The van der Waals surface area contributed by atoms with Crippen LogP contribution in [0.5, 0.6) is 5.75 Å². The molecule has 1 aromatic heterocycles. The minimum atomic E-state index is 0.304. The van der Waals surface area contributed by atoms with E-state index < -0.39 is 0 Å². The van der Waals surface area contributed by atoms with Crippen LogP contribution in [0, 0.1) is 6.92 Å². The summed E-state index contributed by atoms with van der Waals surface area (Å²) in [5.74, 6) is 1.23. The van der Waals surface area contributed by atoms with Gasteiger partial charge in [0.2, 0.25) is 0 Å². The van der Waals surface area contributed by atoms with E-state index in [1.165, 1.54) is 16.7 Å². The van der Waals surface area contributed by atoms with Crippen LogP contribution in [0.25, 0.3) is 11.1 Å². The molecule has 0 saturated heterocycles. The summed E-state index contributed by atoms with van der Waals surface area (Å²) < 4.78 is 5.38. The minimum Gasteiger partial charge on any atom is -0.496 e. The van der Waals surface area contributed by atoms with Crippen molar-refractivity contribution in [1.29, 1.82) is 0 Å². The largest absolute Gasteiger partial charge is 0.496 e. The topological polar surface area (TPSA) is 49.9 Å². The Morgan fingerprint density at radius 3 is 2.42 bits per heavy atom. The number of aromatic nitrogens is 2. The van der Waals surface area contributed by atoms with Crippen molar-refractivity contribution in [1.82, 2.24) is 15.5 Å². The van der Waals surface area contributed by atoms with Crippen molar-refractivity contribution in [3.05, 3.63) is 71.5 Å². The number of likely N-dealkylation sites (N-methyl/N-ethyl adjacent to an activating group) is 1. The van der Waals surface area contributed by atoms with Gasteiger partial charge in [0.1, 0.15) is 5.75 Å². The molecule has 1 unspecified atom stereocenters. The number of aromatic amines is 1. The number of rotatable bonds is 6. The highest BCUT2D eigenvalue weighted by Gasteiger charge is 2.15. The number of hydrogen-bond donors (Lipinski definition) is 2. The molecule has 3 aromatic rings. The van der Waals surface area contributed by atoms with Crippen LogP contribution in [0.2, 0.25) is 0 Å². The molecule has 0 aliphatic rings. The van der Waals surface area contributed by atoms with E-state index in [4.69, 9.17) is 4.74 Å². The molecule has 0 aliphatic heterocycles. The fraction of sp³-hybridized carbons (Fsp3) is 0.250. The van der Waals surface area contributed by atoms with E-state index in [-0.39, 0.29) is 0 Å². The van der Waals surface area contributed by atoms with Gasteiger partial charge < -0.3 is 10.1 Å². The fourth-order valence-electron chi connectivity index (χ4n) is 3.07. The molecule has 4 heteroatoms. The Morgan fingerprint density at radius 1 is 1.08 bits per heavy atom. The van der Waals surface area contributed by atoms with Crippen LogP contribution in [0.3, 0.4) is 0 Å². The first kappa shape index (κ1) is 16.3. The average molecular weight is 321 g/mol. The van der Waals surface area contributed by atoms with Crippen LogP contribution in [0.4, 0.5) is 0 Å². The summed E-state index contributed by atoms with van der Waals surface area (Å²) in [6, 6.07) is 15.1. The zero-order chi connectivity index (χ0) is 16.9. The van der Waals surface area contributed by atoms with Gasteiger partial charge in [0, 0.05) is 24.2 Å². The smallest absolute Gasteiger partial charge is 0.121 e. The molecule has 0 bridgehead atoms. The molecular weight excluding hydrogens is 298 g/mol. The zero-order valence-electron chi connectivity index (χ0n) is 14.3. The highest BCUT2D eigenvalue weighted by molar-refractivity contribution is 5.62. The maximum absolute atomic E-state index is 5.38. The maximum atomic E-state index is 5.38. The van der Waals surface area contributed by atoms with Gasteiger partial charge in [-0.3, -0.25) is 5.10 Å². The maximum Gasteiger partial charge on any atom is 0.121 e. The quantitative estimate of drug-likeness (QED) is 0.727. The van der Waals surface area contributed by atoms with E-state index in [1.54, 1.807) is 7.11 Å². The second-order valence-corrected chi connectivity index (χ2v) is 5.95. The molecule has 24 heavy (non-hydrogen) atoms. The molecule has 0 radical (unpaired) electrons. The van der Waals surface area contributed by atoms with E-state index in [0.29, 0.717) is 5.92 Å². The summed E-state index contributed by atoms with van der Waals surface area (Å²) in [7, 11) is 3.70. The molecule has 0 amide bonds. The molecule has 0 spiro atoms. The van der Waals surface area contributed by atoms with Crippen molar-refractivity contribution in [2.24, 2.45) is 0 Å². The van der Waals surface area contributed by atoms with Crippen LogP contribution >= 0.6 is 0 Å². The predicted octanol–water partition coefficient (Wildman–Crippen LogP) is 3.75. The summed E-state index contributed by atoms with van der Waals surface area (Å²) in [6.45, 7) is 2.97. The van der Waals surface area contributed by atoms with Gasteiger partial charge in [-0.05, 0) is 42.3 Å². The third kappa shape index (κ3) is 3.34. The lowest BCUT2D eigenvalue weighted by atomic mass is 9.89. The van der Waals surface area contributed by atoms with Gasteiger partial charge in [-0.1, -0.05) is 36.4 Å². The molecular formula is C20H23N3O. The van der Waals surface area contributed by atoms with Crippen molar-refractivity contribution in [2.45, 2.75) is 12.8 Å². The summed E-state index contributed by atoms with van der Waals surface area (Å²) in [6.07, 6.45) is 3.75. The molecule has 0 saturated carbocycles. The SMILES string of the molecule is CNCC(c1ccc(-c2cn[nH]c2)cc1)c1ccc(OC)c(C)c1. The summed E-state index contributed by atoms with van der Waals surface area (Å²) in [5.41, 5.74) is 6.01. The third-order valence-corrected chi connectivity index (χ3v) is 4.37. The lowest BCUT2D eigenvalue weighted by molar-refractivity contribution is 0.411. The average Bonchev–Trinajstić information content (AvgIpc) is 3.14. The van der Waals surface area contributed by atoms with Crippen LogP contribution in [0.15, 0.2) is 54.9 Å². The lowest BCUT2D eigenvalue weighted by Gasteiger charge is -2.19. The van der Waals surface area contributed by atoms with Crippen molar-refractivity contribution in [3.63, 3.8) is 0 Å². The van der Waals surface area contributed by atoms with E-state index in [9.17, 15) is 0 Å². The van der Waals surface area contributed by atoms with Gasteiger partial charge in [-0.2, -0.15) is 5.10 Å². The van der Waals surface area contributed by atoms with Crippen molar-refractivity contribution < 1.29 is 4.74 Å². The first-order valence-corrected chi connectivity index (χ1v) is 8.11. The third-order valence-electron chi connectivity index (χ3n) is 4.37. The number of benzene rings is 2. The van der Waals surface area contributed by atoms with Gasteiger partial charge in [0.25, 0.3) is 0 Å². The molecule has 4 nitrogen and oxygen atoms in total. The summed E-state index contributed by atoms with van der Waals surface area (Å²) in [4.78, 5) is 0. The second-order valence-electron chi connectivity index (χ2n) is 5.95. The first-order chi connectivity index (χ1) is 11.7. The first-order valence-electron chi connectivity index (χ1n) is 8.11. The van der Waals surface area contributed by atoms with E-state index in [2.05, 4.69) is 58.8 Å². The number of methoxy groups -OCH3 is 1. The van der Waals surface area contributed by atoms with Crippen LogP contribution in [-0.4, -0.2) is 30.9 Å². The Balaban J connectivity index is 1.92. The zero-order valence-corrected chi connectivity index (χ0v) is 14.3. The van der Waals surface area contributed by atoms with Gasteiger partial charge in [0.05, 0.1) is 13.3 Å². The van der Waals surface area contributed by atoms with Crippen molar-refractivity contribution in [2.75, 3.05) is 20.7 Å². The van der Waals surface area contributed by atoms with Crippen LogP contribution in [-0.2, 0) is 0 Å². The van der Waals surface area contributed by atoms with E-state index in [0.717, 1.165) is 23.4 Å². The Hall–Kier alpha value is -2.59. The number of H-pyrrole nitrogens is 1. The molecule has 2 aromatic carbocycles. The number of aryl methyl sites for hydroxylation is 1. The molecule has 1 atom stereocenters. The van der Waals surface area contributed by atoms with Crippen molar-refractivity contribution >= 4 is 0 Å². The Labute approximate surface area is 142 Å². The Morgan fingerprint density at radius 2 is 1.83 bits per heavy atom. The highest BCUT2D eigenvalue weighted by Crippen LogP contribution is 2.29. The molecule has 2 N–H and O–H groups in total. The van der Waals surface area contributed by atoms with Gasteiger partial charge in [-0.15, -0.1) is 0 Å². The highest BCUT2D eigenvalue weighted by atomic mass is 16.5. The Kier molecular flexibility index (Phi) is 4.96. The van der Waals surface area contributed by atoms with Gasteiger partial charge in [0.15, 0.2) is 0 Å². The monoisotopic (exact) mass is 321 g/mol. The van der Waals surface area contributed by atoms with Gasteiger partial charge in [-0.25, -0.2) is 0 Å². The molecule has 1 heterocycles. The van der Waals surface area contributed by atoms with E-state index in [1.807, 2.05) is 25.5 Å². The lowest BCUT2D eigenvalue weighted by Crippen LogP contribution is -2.18. The van der Waals surface area contributed by atoms with Crippen molar-refractivity contribution in [3.8, 4) is 16.9 Å². The second kappa shape index (κ2) is 7.32. The molecule has 124 valence electrons. The molecule has 3 rings (SSSR count). The predicted molar refractivity (Wildman–Crippen MR) is 97.5 cm³/mol. The number of nitrogens with zero attached hydrogens (tertiary/aromatic N) is 1. The van der Waals surface area contributed by atoms with Crippen LogP contribution < -0.4 is 10.1 Å². The van der Waals surface area contributed by atoms with Crippen LogP contribution in [0.1, 0.15) is 22.6 Å². The van der Waals surface area contributed by atoms with Gasteiger partial charge >= 0.3 is 0 Å². The molecule has 0 fully saturated rings. The fourth-order valence-corrected chi connectivity index (χ4v) is 3.07. The standard InChI is InChI=1S/C20H23N3O/c1-14-10-17(8-9-20(14)24-3)19(13-21-2)16-6-4-15(5-7-16)18-11-22-23-12-18/h4-12,19,21H,13H2,1-3H3,(H,22,23). The summed E-state index contributed by atoms with van der Waals surface area (Å²) >= 11 is 0. The number of nitrogens with one attached hydrogen (secondary N) is 2. The van der Waals surface area contributed by atoms with E-state index >= 15 is 0 Å². The Bertz CT molecular complexity index is 779. The number of ether oxygens (including phenoxy) is 1. The number of hydrogen-bond acceptors (Lipinski definition) is 3. The summed E-state index contributed by atoms with van der Waals surface area (Å²) in [5, 5.41) is 10.2. The minimum absolute atomic E-state index is 0.304. The normalized spacial score (nSPS) is 12.1. The molecule has 0 aliphatic carbocycles.